The van der Waals surface area contributed by atoms with Gasteiger partial charge in [-0.25, -0.2) is 0 Å². The van der Waals surface area contributed by atoms with E-state index in [1.165, 1.54) is 32.5 Å². The van der Waals surface area contributed by atoms with Crippen molar-refractivity contribution in [2.75, 3.05) is 39.8 Å². The van der Waals surface area contributed by atoms with Crippen molar-refractivity contribution in [2.24, 2.45) is 5.92 Å². The number of rotatable bonds is 6. The molecule has 90 valence electrons. The highest BCUT2D eigenvalue weighted by atomic mass is 15.2. The van der Waals surface area contributed by atoms with E-state index in [0.29, 0.717) is 6.04 Å². The van der Waals surface area contributed by atoms with Gasteiger partial charge in [-0.3, -0.25) is 0 Å². The van der Waals surface area contributed by atoms with Gasteiger partial charge in [0.25, 0.3) is 0 Å². The molecular formula is C12H27N3. The van der Waals surface area contributed by atoms with E-state index in [0.717, 1.165) is 19.0 Å². The minimum atomic E-state index is 0.690. The first-order valence-electron chi connectivity index (χ1n) is 6.31. The van der Waals surface area contributed by atoms with E-state index in [1.54, 1.807) is 0 Å². The van der Waals surface area contributed by atoms with Crippen LogP contribution in [0.5, 0.6) is 0 Å². The smallest absolute Gasteiger partial charge is 0.0207 e. The van der Waals surface area contributed by atoms with Gasteiger partial charge in [0, 0.05) is 25.7 Å². The first-order valence-corrected chi connectivity index (χ1v) is 6.31. The Labute approximate surface area is 94.6 Å². The van der Waals surface area contributed by atoms with Crippen LogP contribution in [-0.4, -0.2) is 50.7 Å². The molecule has 0 bridgehead atoms. The molecule has 1 atom stereocenters. The second kappa shape index (κ2) is 7.20. The van der Waals surface area contributed by atoms with Gasteiger partial charge in [0.05, 0.1) is 0 Å². The molecule has 0 amide bonds. The van der Waals surface area contributed by atoms with Crippen molar-refractivity contribution in [3.05, 3.63) is 0 Å². The second-order valence-corrected chi connectivity index (χ2v) is 5.13. The number of hydrogen-bond donors (Lipinski definition) is 2. The summed E-state index contributed by atoms with van der Waals surface area (Å²) in [7, 11) is 2.21. The fourth-order valence-electron chi connectivity index (χ4n) is 1.98. The molecule has 2 N–H and O–H groups in total. The van der Waals surface area contributed by atoms with E-state index in [9.17, 15) is 0 Å². The Balaban J connectivity index is 1.95. The van der Waals surface area contributed by atoms with Gasteiger partial charge in [-0.05, 0) is 38.9 Å². The van der Waals surface area contributed by atoms with Crippen molar-refractivity contribution < 1.29 is 0 Å². The van der Waals surface area contributed by atoms with Crippen LogP contribution in [0, 0.1) is 5.92 Å². The maximum absolute atomic E-state index is 3.57. The lowest BCUT2D eigenvalue weighted by atomic mass is 10.1. The number of nitrogens with zero attached hydrogens (tertiary/aromatic N) is 1. The van der Waals surface area contributed by atoms with Crippen LogP contribution in [-0.2, 0) is 0 Å². The Morgan fingerprint density at radius 1 is 1.40 bits per heavy atom. The summed E-state index contributed by atoms with van der Waals surface area (Å²) < 4.78 is 0. The van der Waals surface area contributed by atoms with E-state index in [-0.39, 0.29) is 0 Å². The Morgan fingerprint density at radius 3 is 2.87 bits per heavy atom. The summed E-state index contributed by atoms with van der Waals surface area (Å²) in [5.74, 6) is 0.816. The van der Waals surface area contributed by atoms with E-state index in [4.69, 9.17) is 0 Å². The number of piperazine rings is 1. The number of likely N-dealkylation sites (N-methyl/N-ethyl adjacent to an activating group) is 1. The molecule has 0 saturated carbocycles. The third-order valence-corrected chi connectivity index (χ3v) is 3.03. The molecule has 1 rings (SSSR count). The second-order valence-electron chi connectivity index (χ2n) is 5.13. The molecule has 1 fully saturated rings. The summed E-state index contributed by atoms with van der Waals surface area (Å²) >= 11 is 0. The van der Waals surface area contributed by atoms with Crippen LogP contribution in [0.1, 0.15) is 26.7 Å². The predicted molar refractivity (Wildman–Crippen MR) is 66.2 cm³/mol. The third kappa shape index (κ3) is 6.13. The molecule has 1 aliphatic rings. The molecule has 3 heteroatoms. The van der Waals surface area contributed by atoms with Crippen LogP contribution in [0.4, 0.5) is 0 Å². The summed E-state index contributed by atoms with van der Waals surface area (Å²) in [5.41, 5.74) is 0. The standard InChI is InChI=1S/C12H27N3/c1-11(2)4-6-13-7-5-12-10-15(3)9-8-14-12/h11-14H,4-10H2,1-3H3. The average molecular weight is 213 g/mol. The molecule has 0 aromatic carbocycles. The molecule has 1 unspecified atom stereocenters. The van der Waals surface area contributed by atoms with Crippen LogP contribution in [0.3, 0.4) is 0 Å². The van der Waals surface area contributed by atoms with Crippen molar-refractivity contribution in [1.82, 2.24) is 15.5 Å². The molecule has 1 saturated heterocycles. The van der Waals surface area contributed by atoms with Crippen LogP contribution in [0.15, 0.2) is 0 Å². The van der Waals surface area contributed by atoms with Gasteiger partial charge in [-0.1, -0.05) is 13.8 Å². The van der Waals surface area contributed by atoms with Crippen molar-refractivity contribution in [1.29, 1.82) is 0 Å². The van der Waals surface area contributed by atoms with Gasteiger partial charge < -0.3 is 15.5 Å². The molecule has 1 aliphatic heterocycles. The van der Waals surface area contributed by atoms with Crippen molar-refractivity contribution in [3.8, 4) is 0 Å². The lowest BCUT2D eigenvalue weighted by Crippen LogP contribution is -2.49. The highest BCUT2D eigenvalue weighted by Crippen LogP contribution is 2.00. The fourth-order valence-corrected chi connectivity index (χ4v) is 1.98. The molecular weight excluding hydrogens is 186 g/mol. The molecule has 0 spiro atoms. The Morgan fingerprint density at radius 2 is 2.20 bits per heavy atom. The van der Waals surface area contributed by atoms with Gasteiger partial charge in [0.2, 0.25) is 0 Å². The van der Waals surface area contributed by atoms with Crippen molar-refractivity contribution in [2.45, 2.75) is 32.7 Å². The van der Waals surface area contributed by atoms with Gasteiger partial charge in [-0.15, -0.1) is 0 Å². The van der Waals surface area contributed by atoms with E-state index >= 15 is 0 Å². The third-order valence-electron chi connectivity index (χ3n) is 3.03. The first kappa shape index (κ1) is 12.9. The van der Waals surface area contributed by atoms with Gasteiger partial charge in [0.1, 0.15) is 0 Å². The number of hydrogen-bond acceptors (Lipinski definition) is 3. The minimum absolute atomic E-state index is 0.690. The van der Waals surface area contributed by atoms with Crippen molar-refractivity contribution >= 4 is 0 Å². The quantitative estimate of drug-likeness (QED) is 0.642. The summed E-state index contributed by atoms with van der Waals surface area (Å²) in [6.07, 6.45) is 2.54. The normalized spacial score (nSPS) is 23.6. The topological polar surface area (TPSA) is 27.3 Å². The Bertz CT molecular complexity index is 159. The van der Waals surface area contributed by atoms with E-state index in [1.807, 2.05) is 0 Å². The summed E-state index contributed by atoms with van der Waals surface area (Å²) in [6.45, 7) is 10.4. The molecule has 0 aliphatic carbocycles. The maximum atomic E-state index is 3.57. The minimum Gasteiger partial charge on any atom is -0.317 e. The SMILES string of the molecule is CC(C)CCNCCC1CN(C)CCN1. The predicted octanol–water partition coefficient (Wildman–Crippen LogP) is 0.916. The molecule has 0 radical (unpaired) electrons. The summed E-state index contributed by atoms with van der Waals surface area (Å²) in [4.78, 5) is 2.41. The number of nitrogens with one attached hydrogen (secondary N) is 2. The highest BCUT2D eigenvalue weighted by molar-refractivity contribution is 4.77. The molecule has 1 heterocycles. The van der Waals surface area contributed by atoms with Crippen LogP contribution in [0.25, 0.3) is 0 Å². The molecule has 15 heavy (non-hydrogen) atoms. The van der Waals surface area contributed by atoms with E-state index < -0.39 is 0 Å². The zero-order chi connectivity index (χ0) is 11.1. The van der Waals surface area contributed by atoms with Gasteiger partial charge in [0.15, 0.2) is 0 Å². The highest BCUT2D eigenvalue weighted by Gasteiger charge is 2.15. The van der Waals surface area contributed by atoms with Crippen LogP contribution < -0.4 is 10.6 Å². The van der Waals surface area contributed by atoms with Gasteiger partial charge in [-0.2, -0.15) is 0 Å². The molecule has 0 aromatic heterocycles. The lowest BCUT2D eigenvalue weighted by molar-refractivity contribution is 0.231. The monoisotopic (exact) mass is 213 g/mol. The Hall–Kier alpha value is -0.120. The maximum Gasteiger partial charge on any atom is 0.0207 e. The zero-order valence-corrected chi connectivity index (χ0v) is 10.6. The molecule has 0 aromatic rings. The Kier molecular flexibility index (Phi) is 6.22. The van der Waals surface area contributed by atoms with Crippen LogP contribution >= 0.6 is 0 Å². The largest absolute Gasteiger partial charge is 0.317 e. The average Bonchev–Trinajstić information content (AvgIpc) is 2.17. The first-order chi connectivity index (χ1) is 7.18. The summed E-state index contributed by atoms with van der Waals surface area (Å²) in [5, 5.41) is 7.09. The van der Waals surface area contributed by atoms with Crippen LogP contribution in [0.2, 0.25) is 0 Å². The lowest BCUT2D eigenvalue weighted by Gasteiger charge is -2.31. The van der Waals surface area contributed by atoms with E-state index in [2.05, 4.69) is 36.4 Å². The fraction of sp³-hybridized carbons (Fsp3) is 1.00. The summed E-state index contributed by atoms with van der Waals surface area (Å²) in [6, 6.07) is 0.690. The van der Waals surface area contributed by atoms with Gasteiger partial charge >= 0.3 is 0 Å². The molecule has 3 nitrogen and oxygen atoms in total. The van der Waals surface area contributed by atoms with Crippen molar-refractivity contribution in [3.63, 3.8) is 0 Å². The zero-order valence-electron chi connectivity index (χ0n) is 10.6.